The molecule has 26 heavy (non-hydrogen) atoms. The van der Waals surface area contributed by atoms with Crippen molar-refractivity contribution in [3.8, 4) is 11.3 Å². The first-order chi connectivity index (χ1) is 12.5. The van der Waals surface area contributed by atoms with Crippen molar-refractivity contribution in [2.45, 2.75) is 13.6 Å². The van der Waals surface area contributed by atoms with E-state index in [1.54, 1.807) is 43.3 Å². The molecule has 4 nitrogen and oxygen atoms in total. The van der Waals surface area contributed by atoms with E-state index in [4.69, 9.17) is 23.2 Å². The van der Waals surface area contributed by atoms with E-state index in [9.17, 15) is 9.18 Å². The lowest BCUT2D eigenvalue weighted by atomic mass is 10.1. The number of nitrogens with one attached hydrogen (secondary N) is 1. The lowest BCUT2D eigenvalue weighted by Crippen LogP contribution is -2.14. The van der Waals surface area contributed by atoms with E-state index in [2.05, 4.69) is 15.3 Å². The number of halogens is 3. The van der Waals surface area contributed by atoms with Gasteiger partial charge in [0.15, 0.2) is 0 Å². The van der Waals surface area contributed by atoms with E-state index in [0.717, 1.165) is 0 Å². The van der Waals surface area contributed by atoms with Crippen molar-refractivity contribution in [2.24, 2.45) is 0 Å². The number of nitrogens with zero attached hydrogens (tertiary/aromatic N) is 2. The van der Waals surface area contributed by atoms with Gasteiger partial charge in [-0.3, -0.25) is 14.8 Å². The van der Waals surface area contributed by atoms with Crippen LogP contribution in [0.25, 0.3) is 11.3 Å². The molecule has 3 aromatic rings. The fourth-order valence-electron chi connectivity index (χ4n) is 2.46. The first-order valence-electron chi connectivity index (χ1n) is 7.73. The van der Waals surface area contributed by atoms with E-state index in [1.807, 2.05) is 0 Å². The van der Waals surface area contributed by atoms with Crippen LogP contribution in [0.3, 0.4) is 0 Å². The highest BCUT2D eigenvalue weighted by Crippen LogP contribution is 2.30. The molecule has 2 heterocycles. The minimum atomic E-state index is -0.669. The third-order valence-electron chi connectivity index (χ3n) is 3.75. The lowest BCUT2D eigenvalue weighted by Gasteiger charge is -2.10. The fourth-order valence-corrected chi connectivity index (χ4v) is 2.79. The largest absolute Gasteiger partial charge is 0.322 e. The Kier molecular flexibility index (Phi) is 5.49. The molecule has 0 fully saturated rings. The van der Waals surface area contributed by atoms with Crippen molar-refractivity contribution in [3.05, 3.63) is 75.7 Å². The first-order valence-corrected chi connectivity index (χ1v) is 8.49. The number of pyridine rings is 2. The van der Waals surface area contributed by atoms with Crippen molar-refractivity contribution in [1.82, 2.24) is 9.97 Å². The van der Waals surface area contributed by atoms with Gasteiger partial charge in [-0.05, 0) is 49.4 Å². The Balaban J connectivity index is 1.87. The Morgan fingerprint density at radius 3 is 2.62 bits per heavy atom. The maximum absolute atomic E-state index is 12.7. The number of carbonyl (C=O) groups is 1. The molecule has 0 atom stereocenters. The van der Waals surface area contributed by atoms with Gasteiger partial charge in [-0.1, -0.05) is 23.2 Å². The Labute approximate surface area is 160 Å². The van der Waals surface area contributed by atoms with Crippen LogP contribution >= 0.6 is 23.2 Å². The van der Waals surface area contributed by atoms with Crippen LogP contribution in [0.1, 0.15) is 21.7 Å². The average molecular weight is 390 g/mol. The Morgan fingerprint density at radius 1 is 1.15 bits per heavy atom. The molecule has 1 aromatic carbocycles. The number of rotatable bonds is 4. The predicted molar refractivity (Wildman–Crippen MR) is 101 cm³/mol. The van der Waals surface area contributed by atoms with Crippen LogP contribution in [0.15, 0.2) is 48.7 Å². The highest BCUT2D eigenvalue weighted by atomic mass is 35.5. The minimum absolute atomic E-state index is 0.293. The predicted octanol–water partition coefficient (Wildman–Crippen LogP) is 5.48. The number of amides is 1. The summed E-state index contributed by atoms with van der Waals surface area (Å²) in [6.45, 7) is 0.996. The standard InChI is InChI=1S/C19H14Cl2FN3O/c1-11-15(5-3-14(9-22)24-11)19(26)25-13-4-6-17(21)16(8-13)18-7-2-12(20)10-23-18/h2-8,10H,9H2,1H3,(H,25,26). The summed E-state index contributed by atoms with van der Waals surface area (Å²) in [6.07, 6.45) is 1.53. The van der Waals surface area contributed by atoms with Crippen LogP contribution in [0, 0.1) is 6.92 Å². The van der Waals surface area contributed by atoms with Crippen LogP contribution in [0.5, 0.6) is 0 Å². The molecule has 3 rings (SSSR count). The van der Waals surface area contributed by atoms with Gasteiger partial charge in [0, 0.05) is 17.4 Å². The maximum Gasteiger partial charge on any atom is 0.257 e. The highest BCUT2D eigenvalue weighted by Gasteiger charge is 2.13. The van der Waals surface area contributed by atoms with E-state index in [0.29, 0.717) is 43.9 Å². The van der Waals surface area contributed by atoms with Gasteiger partial charge in [-0.15, -0.1) is 0 Å². The average Bonchev–Trinajstić information content (AvgIpc) is 2.63. The van der Waals surface area contributed by atoms with Crippen LogP contribution in [0.4, 0.5) is 10.1 Å². The summed E-state index contributed by atoms with van der Waals surface area (Å²) in [5, 5.41) is 3.83. The molecule has 7 heteroatoms. The van der Waals surface area contributed by atoms with Crippen molar-refractivity contribution >= 4 is 34.8 Å². The zero-order valence-corrected chi connectivity index (χ0v) is 15.3. The molecule has 2 aromatic heterocycles. The smallest absolute Gasteiger partial charge is 0.257 e. The SMILES string of the molecule is Cc1nc(CF)ccc1C(=O)Nc1ccc(Cl)c(-c2ccc(Cl)cn2)c1. The molecule has 0 spiro atoms. The first kappa shape index (κ1) is 18.3. The molecular formula is C19H14Cl2FN3O. The van der Waals surface area contributed by atoms with Crippen LogP contribution < -0.4 is 5.32 Å². The molecule has 0 aliphatic rings. The van der Waals surface area contributed by atoms with Crippen LogP contribution in [-0.4, -0.2) is 15.9 Å². The van der Waals surface area contributed by atoms with Crippen LogP contribution in [0.2, 0.25) is 10.0 Å². The number of benzene rings is 1. The number of hydrogen-bond donors (Lipinski definition) is 1. The molecule has 0 saturated heterocycles. The normalized spacial score (nSPS) is 10.6. The molecule has 0 unspecified atom stereocenters. The molecule has 0 saturated carbocycles. The summed E-state index contributed by atoms with van der Waals surface area (Å²) in [6, 6.07) is 11.6. The number of alkyl halides is 1. The third kappa shape index (κ3) is 4.00. The number of anilines is 1. The molecule has 1 amide bonds. The van der Waals surface area contributed by atoms with Gasteiger partial charge in [0.25, 0.3) is 5.91 Å². The molecule has 0 aliphatic carbocycles. The van der Waals surface area contributed by atoms with Gasteiger partial charge < -0.3 is 5.32 Å². The summed E-state index contributed by atoms with van der Waals surface area (Å²) < 4.78 is 12.7. The zero-order valence-electron chi connectivity index (χ0n) is 13.8. The molecule has 1 N–H and O–H groups in total. The highest BCUT2D eigenvalue weighted by molar-refractivity contribution is 6.33. The monoisotopic (exact) mass is 389 g/mol. The third-order valence-corrected chi connectivity index (χ3v) is 4.31. The van der Waals surface area contributed by atoms with Gasteiger partial charge in [0.05, 0.1) is 32.7 Å². The number of aryl methyl sites for hydroxylation is 1. The van der Waals surface area contributed by atoms with Crippen molar-refractivity contribution in [1.29, 1.82) is 0 Å². The summed E-state index contributed by atoms with van der Waals surface area (Å²) in [7, 11) is 0. The summed E-state index contributed by atoms with van der Waals surface area (Å²) >= 11 is 12.1. The molecule has 0 radical (unpaired) electrons. The Hall–Kier alpha value is -2.50. The summed E-state index contributed by atoms with van der Waals surface area (Å²) in [5.74, 6) is -0.335. The quantitative estimate of drug-likeness (QED) is 0.642. The van der Waals surface area contributed by atoms with Crippen molar-refractivity contribution < 1.29 is 9.18 Å². The molecule has 0 bridgehead atoms. The van der Waals surface area contributed by atoms with Gasteiger partial charge in [0.2, 0.25) is 0 Å². The van der Waals surface area contributed by atoms with Gasteiger partial charge >= 0.3 is 0 Å². The van der Waals surface area contributed by atoms with Crippen LogP contribution in [-0.2, 0) is 6.67 Å². The van der Waals surface area contributed by atoms with E-state index in [-0.39, 0.29) is 5.91 Å². The fraction of sp³-hybridized carbons (Fsp3) is 0.105. The van der Waals surface area contributed by atoms with Gasteiger partial charge in [-0.25, -0.2) is 4.39 Å². The maximum atomic E-state index is 12.7. The van der Waals surface area contributed by atoms with Crippen molar-refractivity contribution in [3.63, 3.8) is 0 Å². The Bertz CT molecular complexity index is 961. The zero-order chi connectivity index (χ0) is 18.7. The molecule has 132 valence electrons. The van der Waals surface area contributed by atoms with E-state index < -0.39 is 6.67 Å². The summed E-state index contributed by atoms with van der Waals surface area (Å²) in [4.78, 5) is 20.8. The van der Waals surface area contributed by atoms with E-state index >= 15 is 0 Å². The molecule has 0 aliphatic heterocycles. The van der Waals surface area contributed by atoms with E-state index in [1.165, 1.54) is 12.3 Å². The van der Waals surface area contributed by atoms with Gasteiger partial charge in [0.1, 0.15) is 6.67 Å². The lowest BCUT2D eigenvalue weighted by molar-refractivity contribution is 0.102. The van der Waals surface area contributed by atoms with Gasteiger partial charge in [-0.2, -0.15) is 0 Å². The second-order valence-corrected chi connectivity index (χ2v) is 6.42. The second kappa shape index (κ2) is 7.81. The second-order valence-electron chi connectivity index (χ2n) is 5.58. The summed E-state index contributed by atoms with van der Waals surface area (Å²) in [5.41, 5.74) is 3.00. The number of carbonyl (C=O) groups excluding carboxylic acids is 1. The van der Waals surface area contributed by atoms with Crippen molar-refractivity contribution in [2.75, 3.05) is 5.32 Å². The Morgan fingerprint density at radius 2 is 1.96 bits per heavy atom. The molecular weight excluding hydrogens is 376 g/mol. The number of aromatic nitrogens is 2. The topological polar surface area (TPSA) is 54.9 Å². The number of hydrogen-bond acceptors (Lipinski definition) is 3. The minimum Gasteiger partial charge on any atom is -0.322 e.